The van der Waals surface area contributed by atoms with Crippen LogP contribution in [0.5, 0.6) is 11.5 Å². The second-order valence-corrected chi connectivity index (χ2v) is 4.58. The van der Waals surface area contributed by atoms with E-state index in [2.05, 4.69) is 5.32 Å². The molecule has 2 rings (SSSR count). The molecule has 106 valence electrons. The van der Waals surface area contributed by atoms with Crippen LogP contribution in [0.4, 0.5) is 10.1 Å². The summed E-state index contributed by atoms with van der Waals surface area (Å²) in [5, 5.41) is 3.67. The van der Waals surface area contributed by atoms with E-state index in [9.17, 15) is 4.39 Å². The maximum absolute atomic E-state index is 12.8. The molecule has 0 aliphatic rings. The Labute approximate surface area is 122 Å². The highest BCUT2D eigenvalue weighted by atomic mass is 35.5. The van der Waals surface area contributed by atoms with Crippen molar-refractivity contribution in [1.29, 1.82) is 0 Å². The standard InChI is InChI=1S/C15H15ClFNO2/c1-19-14-8-10(7-13(16)15(14)20-2)9-18-12-5-3-11(17)4-6-12/h3-8,18H,9H2,1-2H3. The molecule has 1 N–H and O–H groups in total. The number of halogens is 2. The maximum atomic E-state index is 12.8. The summed E-state index contributed by atoms with van der Waals surface area (Å²) in [6, 6.07) is 9.82. The molecule has 0 spiro atoms. The Morgan fingerprint density at radius 1 is 1.10 bits per heavy atom. The van der Waals surface area contributed by atoms with Gasteiger partial charge in [0.1, 0.15) is 5.82 Å². The zero-order valence-electron chi connectivity index (χ0n) is 11.2. The van der Waals surface area contributed by atoms with Crippen LogP contribution in [0.3, 0.4) is 0 Å². The Bertz CT molecular complexity index is 587. The van der Waals surface area contributed by atoms with E-state index in [4.69, 9.17) is 21.1 Å². The van der Waals surface area contributed by atoms with Crippen LogP contribution in [0.1, 0.15) is 5.56 Å². The van der Waals surface area contributed by atoms with Gasteiger partial charge in [-0.2, -0.15) is 0 Å². The minimum atomic E-state index is -0.260. The minimum absolute atomic E-state index is 0.260. The van der Waals surface area contributed by atoms with E-state index in [0.717, 1.165) is 11.3 Å². The lowest BCUT2D eigenvalue weighted by Gasteiger charge is -2.12. The molecule has 0 aromatic heterocycles. The van der Waals surface area contributed by atoms with Crippen LogP contribution in [-0.2, 0) is 6.54 Å². The van der Waals surface area contributed by atoms with Gasteiger partial charge in [-0.15, -0.1) is 0 Å². The number of anilines is 1. The second kappa shape index (κ2) is 6.48. The van der Waals surface area contributed by atoms with Crippen molar-refractivity contribution in [3.63, 3.8) is 0 Å². The third kappa shape index (κ3) is 3.33. The predicted octanol–water partition coefficient (Wildman–Crippen LogP) is 4.11. The Kier molecular flexibility index (Phi) is 4.69. The fourth-order valence-corrected chi connectivity index (χ4v) is 2.16. The molecular weight excluding hydrogens is 281 g/mol. The fourth-order valence-electron chi connectivity index (χ4n) is 1.85. The number of rotatable bonds is 5. The maximum Gasteiger partial charge on any atom is 0.179 e. The van der Waals surface area contributed by atoms with Crippen molar-refractivity contribution in [3.8, 4) is 11.5 Å². The highest BCUT2D eigenvalue weighted by molar-refractivity contribution is 6.32. The molecule has 20 heavy (non-hydrogen) atoms. The molecule has 0 radical (unpaired) electrons. The van der Waals surface area contributed by atoms with Crippen LogP contribution in [0.25, 0.3) is 0 Å². The third-order valence-corrected chi connectivity index (χ3v) is 3.11. The van der Waals surface area contributed by atoms with Crippen LogP contribution in [0, 0.1) is 5.82 Å². The number of methoxy groups -OCH3 is 2. The van der Waals surface area contributed by atoms with Crippen LogP contribution in [0.2, 0.25) is 5.02 Å². The van der Waals surface area contributed by atoms with E-state index < -0.39 is 0 Å². The number of nitrogens with one attached hydrogen (secondary N) is 1. The lowest BCUT2D eigenvalue weighted by Crippen LogP contribution is -2.01. The van der Waals surface area contributed by atoms with Crippen molar-refractivity contribution < 1.29 is 13.9 Å². The topological polar surface area (TPSA) is 30.5 Å². The van der Waals surface area contributed by atoms with Crippen LogP contribution < -0.4 is 14.8 Å². The first-order valence-corrected chi connectivity index (χ1v) is 6.41. The van der Waals surface area contributed by atoms with Gasteiger partial charge in [0.15, 0.2) is 11.5 Å². The zero-order chi connectivity index (χ0) is 14.5. The Morgan fingerprint density at radius 3 is 2.40 bits per heavy atom. The monoisotopic (exact) mass is 295 g/mol. The lowest BCUT2D eigenvalue weighted by molar-refractivity contribution is 0.355. The quantitative estimate of drug-likeness (QED) is 0.900. The largest absolute Gasteiger partial charge is 0.493 e. The van der Waals surface area contributed by atoms with Crippen molar-refractivity contribution >= 4 is 17.3 Å². The van der Waals surface area contributed by atoms with E-state index in [1.54, 1.807) is 32.4 Å². The minimum Gasteiger partial charge on any atom is -0.493 e. The van der Waals surface area contributed by atoms with Gasteiger partial charge in [0.25, 0.3) is 0 Å². The number of hydrogen-bond donors (Lipinski definition) is 1. The molecule has 0 saturated heterocycles. The normalized spacial score (nSPS) is 10.2. The summed E-state index contributed by atoms with van der Waals surface area (Å²) >= 11 is 6.13. The Hall–Kier alpha value is -1.94. The van der Waals surface area contributed by atoms with Crippen LogP contribution >= 0.6 is 11.6 Å². The summed E-state index contributed by atoms with van der Waals surface area (Å²) in [6.07, 6.45) is 0. The summed E-state index contributed by atoms with van der Waals surface area (Å²) in [7, 11) is 3.10. The van der Waals surface area contributed by atoms with Gasteiger partial charge in [0, 0.05) is 12.2 Å². The van der Waals surface area contributed by atoms with Gasteiger partial charge in [0.05, 0.1) is 19.2 Å². The van der Waals surface area contributed by atoms with Gasteiger partial charge in [-0.3, -0.25) is 0 Å². The first kappa shape index (κ1) is 14.5. The van der Waals surface area contributed by atoms with Crippen molar-refractivity contribution in [1.82, 2.24) is 0 Å². The molecule has 0 fully saturated rings. The highest BCUT2D eigenvalue weighted by Gasteiger charge is 2.10. The van der Waals surface area contributed by atoms with Crippen molar-refractivity contribution in [2.24, 2.45) is 0 Å². The molecule has 0 atom stereocenters. The molecule has 0 unspecified atom stereocenters. The van der Waals surface area contributed by atoms with Crippen molar-refractivity contribution in [2.45, 2.75) is 6.54 Å². The number of benzene rings is 2. The summed E-state index contributed by atoms with van der Waals surface area (Å²) in [5.41, 5.74) is 1.77. The molecule has 3 nitrogen and oxygen atoms in total. The van der Waals surface area contributed by atoms with Crippen LogP contribution in [0.15, 0.2) is 36.4 Å². The van der Waals surface area contributed by atoms with E-state index in [0.29, 0.717) is 23.1 Å². The van der Waals surface area contributed by atoms with Gasteiger partial charge >= 0.3 is 0 Å². The first-order valence-electron chi connectivity index (χ1n) is 6.04. The summed E-state index contributed by atoms with van der Waals surface area (Å²) in [4.78, 5) is 0. The average Bonchev–Trinajstić information content (AvgIpc) is 2.46. The van der Waals surface area contributed by atoms with Crippen molar-refractivity contribution in [2.75, 3.05) is 19.5 Å². The first-order chi connectivity index (χ1) is 9.63. The second-order valence-electron chi connectivity index (χ2n) is 4.17. The van der Waals surface area contributed by atoms with Crippen molar-refractivity contribution in [3.05, 3.63) is 52.8 Å². The molecule has 2 aromatic carbocycles. The smallest absolute Gasteiger partial charge is 0.179 e. The molecule has 0 aliphatic heterocycles. The average molecular weight is 296 g/mol. The molecule has 0 heterocycles. The molecule has 2 aromatic rings. The van der Waals surface area contributed by atoms with Gasteiger partial charge in [0.2, 0.25) is 0 Å². The molecular formula is C15H15ClFNO2. The molecule has 0 aliphatic carbocycles. The van der Waals surface area contributed by atoms with Gasteiger partial charge in [-0.05, 0) is 42.0 Å². The zero-order valence-corrected chi connectivity index (χ0v) is 12.0. The van der Waals surface area contributed by atoms with Crippen LogP contribution in [-0.4, -0.2) is 14.2 Å². The predicted molar refractivity (Wildman–Crippen MR) is 78.3 cm³/mol. The van der Waals surface area contributed by atoms with E-state index >= 15 is 0 Å². The molecule has 0 amide bonds. The summed E-state index contributed by atoms with van der Waals surface area (Å²) in [6.45, 7) is 0.547. The lowest BCUT2D eigenvalue weighted by atomic mass is 10.2. The summed E-state index contributed by atoms with van der Waals surface area (Å²) in [5.74, 6) is 0.834. The molecule has 0 saturated carbocycles. The molecule has 5 heteroatoms. The summed E-state index contributed by atoms with van der Waals surface area (Å²) < 4.78 is 23.2. The number of hydrogen-bond acceptors (Lipinski definition) is 3. The Balaban J connectivity index is 2.13. The van der Waals surface area contributed by atoms with E-state index in [1.807, 2.05) is 6.07 Å². The SMILES string of the molecule is COc1cc(CNc2ccc(F)cc2)cc(Cl)c1OC. The van der Waals surface area contributed by atoms with E-state index in [-0.39, 0.29) is 5.82 Å². The van der Waals surface area contributed by atoms with Gasteiger partial charge in [-0.25, -0.2) is 4.39 Å². The fraction of sp³-hybridized carbons (Fsp3) is 0.200. The van der Waals surface area contributed by atoms with Gasteiger partial charge in [-0.1, -0.05) is 11.6 Å². The van der Waals surface area contributed by atoms with E-state index in [1.165, 1.54) is 12.1 Å². The number of ether oxygens (including phenoxy) is 2. The van der Waals surface area contributed by atoms with Gasteiger partial charge < -0.3 is 14.8 Å². The third-order valence-electron chi connectivity index (χ3n) is 2.83. The highest BCUT2D eigenvalue weighted by Crippen LogP contribution is 2.36. The molecule has 0 bridgehead atoms. The Morgan fingerprint density at radius 2 is 1.80 bits per heavy atom.